The molecule has 0 aromatic rings. The van der Waals surface area contributed by atoms with Gasteiger partial charge >= 0.3 is 0 Å². The third-order valence-electron chi connectivity index (χ3n) is 1.46. The maximum Gasteiger partial charge on any atom is 0.153 e. The molecule has 0 radical (unpaired) electrons. The third kappa shape index (κ3) is 3.30. The van der Waals surface area contributed by atoms with Crippen molar-refractivity contribution in [3.63, 3.8) is 0 Å². The SMILES string of the molecule is C=C/C=C\C(=C/C)C(C=O)OC. The highest BCUT2D eigenvalue weighted by molar-refractivity contribution is 5.63. The molecule has 0 rings (SSSR count). The lowest BCUT2D eigenvalue weighted by Gasteiger charge is -2.07. The molecule has 0 bridgehead atoms. The van der Waals surface area contributed by atoms with Crippen LogP contribution in [-0.2, 0) is 9.53 Å². The average molecular weight is 166 g/mol. The number of allylic oxidation sites excluding steroid dienone is 3. The van der Waals surface area contributed by atoms with Gasteiger partial charge in [0.2, 0.25) is 0 Å². The van der Waals surface area contributed by atoms with Crippen LogP contribution in [0.15, 0.2) is 36.5 Å². The van der Waals surface area contributed by atoms with E-state index < -0.39 is 6.10 Å². The van der Waals surface area contributed by atoms with Crippen molar-refractivity contribution < 1.29 is 9.53 Å². The highest BCUT2D eigenvalue weighted by Gasteiger charge is 2.07. The van der Waals surface area contributed by atoms with Crippen molar-refractivity contribution in [2.24, 2.45) is 0 Å². The molecule has 1 atom stereocenters. The number of ether oxygens (including phenoxy) is 1. The number of aldehydes is 1. The van der Waals surface area contributed by atoms with E-state index in [1.165, 1.54) is 7.11 Å². The zero-order valence-electron chi connectivity index (χ0n) is 7.49. The Bertz CT molecular complexity index is 202. The van der Waals surface area contributed by atoms with Gasteiger partial charge in [-0.25, -0.2) is 0 Å². The summed E-state index contributed by atoms with van der Waals surface area (Å²) in [5.41, 5.74) is 0.840. The van der Waals surface area contributed by atoms with Crippen molar-refractivity contribution in [1.29, 1.82) is 0 Å². The Labute approximate surface area is 73.2 Å². The topological polar surface area (TPSA) is 26.3 Å². The van der Waals surface area contributed by atoms with E-state index in [1.807, 2.05) is 13.0 Å². The van der Waals surface area contributed by atoms with Crippen molar-refractivity contribution in [2.45, 2.75) is 13.0 Å². The van der Waals surface area contributed by atoms with Crippen molar-refractivity contribution in [1.82, 2.24) is 0 Å². The van der Waals surface area contributed by atoms with Crippen LogP contribution >= 0.6 is 0 Å². The van der Waals surface area contributed by atoms with Gasteiger partial charge in [0, 0.05) is 7.11 Å². The molecule has 0 N–H and O–H groups in total. The normalized spacial score (nSPS) is 14.7. The second-order valence-corrected chi connectivity index (χ2v) is 2.18. The molecule has 12 heavy (non-hydrogen) atoms. The van der Waals surface area contributed by atoms with Gasteiger partial charge in [-0.1, -0.05) is 30.9 Å². The van der Waals surface area contributed by atoms with Crippen LogP contribution in [0.25, 0.3) is 0 Å². The number of rotatable bonds is 5. The first-order valence-corrected chi connectivity index (χ1v) is 3.73. The molecule has 2 nitrogen and oxygen atoms in total. The van der Waals surface area contributed by atoms with Crippen molar-refractivity contribution in [2.75, 3.05) is 7.11 Å². The number of carbonyl (C=O) groups is 1. The number of methoxy groups -OCH3 is 1. The molecule has 2 heteroatoms. The Morgan fingerprint density at radius 1 is 1.58 bits per heavy atom. The van der Waals surface area contributed by atoms with Crippen LogP contribution in [-0.4, -0.2) is 19.5 Å². The van der Waals surface area contributed by atoms with E-state index in [0.717, 1.165) is 11.9 Å². The molecular formula is C10H14O2. The smallest absolute Gasteiger partial charge is 0.153 e. The van der Waals surface area contributed by atoms with Crippen molar-refractivity contribution in [3.8, 4) is 0 Å². The summed E-state index contributed by atoms with van der Waals surface area (Å²) in [4.78, 5) is 10.5. The largest absolute Gasteiger partial charge is 0.369 e. The quantitative estimate of drug-likeness (QED) is 0.460. The maximum absolute atomic E-state index is 10.5. The second kappa shape index (κ2) is 6.55. The number of hydrogen-bond acceptors (Lipinski definition) is 2. The molecule has 0 saturated heterocycles. The summed E-state index contributed by atoms with van der Waals surface area (Å²) in [5, 5.41) is 0. The molecule has 0 aromatic heterocycles. The molecule has 0 heterocycles. The summed E-state index contributed by atoms with van der Waals surface area (Å²) in [6.07, 6.45) is 7.36. The van der Waals surface area contributed by atoms with E-state index >= 15 is 0 Å². The van der Waals surface area contributed by atoms with Crippen LogP contribution in [0, 0.1) is 0 Å². The lowest BCUT2D eigenvalue weighted by atomic mass is 10.1. The summed E-state index contributed by atoms with van der Waals surface area (Å²) in [7, 11) is 1.50. The van der Waals surface area contributed by atoms with Gasteiger partial charge in [0.1, 0.15) is 6.10 Å². The van der Waals surface area contributed by atoms with Gasteiger partial charge in [0.05, 0.1) is 0 Å². The molecule has 1 unspecified atom stereocenters. The van der Waals surface area contributed by atoms with E-state index in [9.17, 15) is 4.79 Å². The minimum absolute atomic E-state index is 0.466. The molecule has 0 amide bonds. The van der Waals surface area contributed by atoms with Gasteiger partial charge in [0.25, 0.3) is 0 Å². The second-order valence-electron chi connectivity index (χ2n) is 2.18. The standard InChI is InChI=1S/C10H14O2/c1-4-6-7-9(5-2)10(8-11)12-3/h4-8,10H,1H2,2-3H3/b7-6-,9-5+. The summed E-state index contributed by atoms with van der Waals surface area (Å²) < 4.78 is 4.93. The average Bonchev–Trinajstić information content (AvgIpc) is 2.12. The third-order valence-corrected chi connectivity index (χ3v) is 1.46. The number of carbonyl (C=O) groups excluding carboxylic acids is 1. The van der Waals surface area contributed by atoms with Gasteiger partial charge in [0.15, 0.2) is 6.29 Å². The molecule has 0 fully saturated rings. The molecular weight excluding hydrogens is 152 g/mol. The summed E-state index contributed by atoms with van der Waals surface area (Å²) in [6.45, 7) is 5.39. The minimum atomic E-state index is -0.466. The monoisotopic (exact) mass is 166 g/mol. The van der Waals surface area contributed by atoms with E-state index in [1.54, 1.807) is 18.2 Å². The Balaban J connectivity index is 4.43. The lowest BCUT2D eigenvalue weighted by molar-refractivity contribution is -0.114. The summed E-state index contributed by atoms with van der Waals surface area (Å²) >= 11 is 0. The molecule has 0 saturated carbocycles. The fourth-order valence-electron chi connectivity index (χ4n) is 0.805. The Morgan fingerprint density at radius 3 is 2.58 bits per heavy atom. The van der Waals surface area contributed by atoms with Crippen molar-refractivity contribution in [3.05, 3.63) is 36.5 Å². The van der Waals surface area contributed by atoms with Crippen LogP contribution in [0.1, 0.15) is 6.92 Å². The first-order valence-electron chi connectivity index (χ1n) is 3.73. The van der Waals surface area contributed by atoms with E-state index in [2.05, 4.69) is 6.58 Å². The molecule has 0 spiro atoms. The van der Waals surface area contributed by atoms with E-state index in [4.69, 9.17) is 4.74 Å². The van der Waals surface area contributed by atoms with Crippen LogP contribution in [0.2, 0.25) is 0 Å². The molecule has 66 valence electrons. The van der Waals surface area contributed by atoms with Gasteiger partial charge in [-0.05, 0) is 12.5 Å². The summed E-state index contributed by atoms with van der Waals surface area (Å²) in [6, 6.07) is 0. The van der Waals surface area contributed by atoms with Crippen LogP contribution in [0.3, 0.4) is 0 Å². The van der Waals surface area contributed by atoms with Gasteiger partial charge in [-0.2, -0.15) is 0 Å². The Hall–Kier alpha value is -1.15. The Kier molecular flexibility index (Phi) is 5.93. The highest BCUT2D eigenvalue weighted by atomic mass is 16.5. The first-order chi connectivity index (χ1) is 5.79. The lowest BCUT2D eigenvalue weighted by Crippen LogP contribution is -2.13. The highest BCUT2D eigenvalue weighted by Crippen LogP contribution is 2.05. The van der Waals surface area contributed by atoms with Crippen molar-refractivity contribution >= 4 is 6.29 Å². The molecule has 0 aliphatic rings. The zero-order valence-corrected chi connectivity index (χ0v) is 7.49. The fourth-order valence-corrected chi connectivity index (χ4v) is 0.805. The zero-order chi connectivity index (χ0) is 9.40. The van der Waals surface area contributed by atoms with Gasteiger partial charge in [-0.3, -0.25) is 0 Å². The molecule has 0 aliphatic carbocycles. The minimum Gasteiger partial charge on any atom is -0.369 e. The van der Waals surface area contributed by atoms with E-state index in [-0.39, 0.29) is 0 Å². The first kappa shape index (κ1) is 10.8. The Morgan fingerprint density at radius 2 is 2.25 bits per heavy atom. The van der Waals surface area contributed by atoms with Crippen LogP contribution in [0.4, 0.5) is 0 Å². The molecule has 0 aliphatic heterocycles. The predicted molar refractivity (Wildman–Crippen MR) is 50.0 cm³/mol. The van der Waals surface area contributed by atoms with E-state index in [0.29, 0.717) is 0 Å². The van der Waals surface area contributed by atoms with Gasteiger partial charge in [-0.15, -0.1) is 0 Å². The fraction of sp³-hybridized carbons (Fsp3) is 0.300. The summed E-state index contributed by atoms with van der Waals surface area (Å²) in [5.74, 6) is 0. The van der Waals surface area contributed by atoms with Crippen LogP contribution < -0.4 is 0 Å². The predicted octanol–water partition coefficient (Wildman–Crippen LogP) is 1.89. The van der Waals surface area contributed by atoms with Gasteiger partial charge < -0.3 is 9.53 Å². The van der Waals surface area contributed by atoms with Crippen LogP contribution in [0.5, 0.6) is 0 Å². The molecule has 0 aromatic carbocycles. The number of hydrogen-bond donors (Lipinski definition) is 0. The maximum atomic E-state index is 10.5.